The van der Waals surface area contributed by atoms with E-state index in [-0.39, 0.29) is 17.9 Å². The molecule has 0 bridgehead atoms. The van der Waals surface area contributed by atoms with Crippen LogP contribution >= 0.6 is 23.1 Å². The van der Waals surface area contributed by atoms with E-state index in [9.17, 15) is 9.90 Å². The molecule has 1 atom stereocenters. The molecule has 3 N–H and O–H groups in total. The number of aliphatic hydroxyl groups is 1. The lowest BCUT2D eigenvalue weighted by molar-refractivity contribution is -0.00182. The largest absolute Gasteiger partial charge is 0.383 e. The van der Waals surface area contributed by atoms with Crippen molar-refractivity contribution in [1.29, 1.82) is 0 Å². The summed E-state index contributed by atoms with van der Waals surface area (Å²) in [6.45, 7) is 6.30. The van der Waals surface area contributed by atoms with Gasteiger partial charge < -0.3 is 15.7 Å². The molecule has 0 saturated carbocycles. The molecule has 186 valence electrons. The highest BCUT2D eigenvalue weighted by molar-refractivity contribution is 8.01. The summed E-state index contributed by atoms with van der Waals surface area (Å²) in [6.07, 6.45) is 5.62. The third kappa shape index (κ3) is 7.13. The highest BCUT2D eigenvalue weighted by atomic mass is 32.2. The Balaban J connectivity index is 1.42. The fourth-order valence-electron chi connectivity index (χ4n) is 3.83. The normalized spacial score (nSPS) is 13.1. The third-order valence-electron chi connectivity index (χ3n) is 5.24. The fourth-order valence-corrected chi connectivity index (χ4v) is 5.72. The standard InChI is InChI=1S/C27H29N5O2S2/c1-26(2,3)17-27(34,19-9-5-4-6-10-19)18-31-24(33)21-15-20(12-14-28-21)35-23-16-30-25(36-23)32-22-11-7-8-13-29-22/h4-16,34H,17-18H2,1-3H3,(H,31,33)(H,29,30,32). The van der Waals surface area contributed by atoms with E-state index in [1.54, 1.807) is 24.7 Å². The minimum atomic E-state index is -1.19. The number of benzene rings is 1. The van der Waals surface area contributed by atoms with Gasteiger partial charge in [-0.05, 0) is 41.7 Å². The van der Waals surface area contributed by atoms with Crippen LogP contribution in [-0.2, 0) is 5.60 Å². The number of amides is 1. The van der Waals surface area contributed by atoms with Crippen LogP contribution in [0.2, 0.25) is 0 Å². The molecule has 0 spiro atoms. The van der Waals surface area contributed by atoms with E-state index in [1.807, 2.05) is 54.6 Å². The first-order chi connectivity index (χ1) is 17.2. The molecule has 4 rings (SSSR count). The molecule has 36 heavy (non-hydrogen) atoms. The van der Waals surface area contributed by atoms with E-state index in [0.717, 1.165) is 25.6 Å². The number of carbonyl (C=O) groups excluding carboxylic acids is 1. The molecule has 0 aliphatic carbocycles. The van der Waals surface area contributed by atoms with Crippen LogP contribution in [0, 0.1) is 5.41 Å². The average Bonchev–Trinajstić information content (AvgIpc) is 3.29. The second-order valence-electron chi connectivity index (χ2n) is 9.62. The molecule has 3 aromatic heterocycles. The number of carbonyl (C=O) groups is 1. The van der Waals surface area contributed by atoms with Crippen molar-refractivity contribution in [2.24, 2.45) is 5.41 Å². The van der Waals surface area contributed by atoms with Gasteiger partial charge in [0.1, 0.15) is 17.1 Å². The van der Waals surface area contributed by atoms with Crippen molar-refractivity contribution in [3.8, 4) is 0 Å². The number of aromatic nitrogens is 3. The molecule has 1 unspecified atom stereocenters. The van der Waals surface area contributed by atoms with Crippen LogP contribution in [0.5, 0.6) is 0 Å². The van der Waals surface area contributed by atoms with Gasteiger partial charge in [-0.25, -0.2) is 9.97 Å². The molecule has 1 aromatic carbocycles. The zero-order valence-electron chi connectivity index (χ0n) is 20.4. The van der Waals surface area contributed by atoms with Crippen LogP contribution in [-0.4, -0.2) is 32.5 Å². The fraction of sp³-hybridized carbons (Fsp3) is 0.259. The maximum Gasteiger partial charge on any atom is 0.270 e. The molecular weight excluding hydrogens is 490 g/mol. The molecule has 9 heteroatoms. The number of hydrogen-bond acceptors (Lipinski definition) is 8. The Labute approximate surface area is 219 Å². The van der Waals surface area contributed by atoms with Gasteiger partial charge in [0.15, 0.2) is 5.13 Å². The predicted molar refractivity (Wildman–Crippen MR) is 145 cm³/mol. The molecule has 1 amide bonds. The highest BCUT2D eigenvalue weighted by Crippen LogP contribution is 2.36. The van der Waals surface area contributed by atoms with E-state index >= 15 is 0 Å². The molecule has 0 aliphatic heterocycles. The summed E-state index contributed by atoms with van der Waals surface area (Å²) in [4.78, 5) is 26.8. The monoisotopic (exact) mass is 519 g/mol. The van der Waals surface area contributed by atoms with Gasteiger partial charge >= 0.3 is 0 Å². The SMILES string of the molecule is CC(C)(C)CC(O)(CNC(=O)c1cc(Sc2cnc(Nc3ccccn3)s2)ccn1)c1ccccc1. The van der Waals surface area contributed by atoms with E-state index < -0.39 is 5.60 Å². The minimum Gasteiger partial charge on any atom is -0.383 e. The first kappa shape index (κ1) is 25.8. The van der Waals surface area contributed by atoms with Crippen molar-refractivity contribution >= 4 is 40.0 Å². The maximum atomic E-state index is 13.0. The van der Waals surface area contributed by atoms with Crippen LogP contribution in [0.4, 0.5) is 10.9 Å². The summed E-state index contributed by atoms with van der Waals surface area (Å²) in [6, 6.07) is 18.7. The molecular formula is C27H29N5O2S2. The smallest absolute Gasteiger partial charge is 0.270 e. The Morgan fingerprint density at radius 1 is 1.00 bits per heavy atom. The van der Waals surface area contributed by atoms with Crippen LogP contribution < -0.4 is 10.6 Å². The molecule has 0 radical (unpaired) electrons. The van der Waals surface area contributed by atoms with Crippen molar-refractivity contribution in [2.45, 2.75) is 41.9 Å². The number of thiazole rings is 1. The number of rotatable bonds is 9. The Morgan fingerprint density at radius 2 is 1.78 bits per heavy atom. The van der Waals surface area contributed by atoms with Gasteiger partial charge in [-0.2, -0.15) is 0 Å². The molecule has 7 nitrogen and oxygen atoms in total. The topological polar surface area (TPSA) is 100 Å². The predicted octanol–water partition coefficient (Wildman–Crippen LogP) is 5.88. The summed E-state index contributed by atoms with van der Waals surface area (Å²) in [7, 11) is 0. The van der Waals surface area contributed by atoms with Crippen molar-refractivity contribution in [3.05, 3.63) is 90.5 Å². The summed E-state index contributed by atoms with van der Waals surface area (Å²) in [5.74, 6) is 0.399. The minimum absolute atomic E-state index is 0.0869. The summed E-state index contributed by atoms with van der Waals surface area (Å²) >= 11 is 3.01. The van der Waals surface area contributed by atoms with Gasteiger partial charge in [-0.3, -0.25) is 9.78 Å². The molecule has 0 aliphatic rings. The summed E-state index contributed by atoms with van der Waals surface area (Å²) in [5.41, 5.74) is -0.259. The van der Waals surface area contributed by atoms with Gasteiger partial charge in [-0.15, -0.1) is 0 Å². The van der Waals surface area contributed by atoms with E-state index in [4.69, 9.17) is 0 Å². The quantitative estimate of drug-likeness (QED) is 0.254. The second-order valence-corrected chi connectivity index (χ2v) is 12.0. The van der Waals surface area contributed by atoms with Gasteiger partial charge in [-0.1, -0.05) is 80.3 Å². The van der Waals surface area contributed by atoms with Crippen LogP contribution in [0.25, 0.3) is 0 Å². The first-order valence-electron chi connectivity index (χ1n) is 11.5. The number of hydrogen-bond donors (Lipinski definition) is 3. The van der Waals surface area contributed by atoms with Crippen LogP contribution in [0.15, 0.2) is 88.4 Å². The maximum absolute atomic E-state index is 13.0. The zero-order chi connectivity index (χ0) is 25.6. The second kappa shape index (κ2) is 11.2. The summed E-state index contributed by atoms with van der Waals surface area (Å²) in [5, 5.41) is 18.3. The van der Waals surface area contributed by atoms with Gasteiger partial charge in [0.2, 0.25) is 0 Å². The van der Waals surface area contributed by atoms with E-state index in [2.05, 4.69) is 46.4 Å². The van der Waals surface area contributed by atoms with Gasteiger partial charge in [0.25, 0.3) is 5.91 Å². The number of anilines is 2. The Morgan fingerprint density at radius 3 is 2.50 bits per heavy atom. The Bertz CT molecular complexity index is 1290. The van der Waals surface area contributed by atoms with Crippen LogP contribution in [0.3, 0.4) is 0 Å². The average molecular weight is 520 g/mol. The lowest BCUT2D eigenvalue weighted by Gasteiger charge is -2.35. The van der Waals surface area contributed by atoms with Crippen molar-refractivity contribution in [3.63, 3.8) is 0 Å². The van der Waals surface area contributed by atoms with Crippen molar-refractivity contribution in [2.75, 3.05) is 11.9 Å². The Hall–Kier alpha value is -3.27. The van der Waals surface area contributed by atoms with Crippen molar-refractivity contribution < 1.29 is 9.90 Å². The highest BCUT2D eigenvalue weighted by Gasteiger charge is 2.34. The number of nitrogens with one attached hydrogen (secondary N) is 2. The number of nitrogens with zero attached hydrogens (tertiary/aromatic N) is 3. The Kier molecular flexibility index (Phi) is 8.03. The van der Waals surface area contributed by atoms with Crippen molar-refractivity contribution in [1.82, 2.24) is 20.3 Å². The third-order valence-corrected chi connectivity index (χ3v) is 7.25. The zero-order valence-corrected chi connectivity index (χ0v) is 22.1. The molecule has 0 fully saturated rings. The molecule has 4 aromatic rings. The van der Waals surface area contributed by atoms with Gasteiger partial charge in [0.05, 0.1) is 17.0 Å². The van der Waals surface area contributed by atoms with Crippen LogP contribution in [0.1, 0.15) is 43.2 Å². The summed E-state index contributed by atoms with van der Waals surface area (Å²) < 4.78 is 0.967. The van der Waals surface area contributed by atoms with E-state index in [0.29, 0.717) is 12.1 Å². The molecule has 0 saturated heterocycles. The molecule has 3 heterocycles. The van der Waals surface area contributed by atoms with Gasteiger partial charge in [0, 0.05) is 17.3 Å². The lowest BCUT2D eigenvalue weighted by Crippen LogP contribution is -2.43. The number of pyridine rings is 2. The first-order valence-corrected chi connectivity index (χ1v) is 13.2. The van der Waals surface area contributed by atoms with E-state index in [1.165, 1.54) is 23.1 Å². The lowest BCUT2D eigenvalue weighted by atomic mass is 9.78.